The third-order valence-electron chi connectivity index (χ3n) is 5.11. The van der Waals surface area contributed by atoms with Crippen molar-refractivity contribution in [2.75, 3.05) is 34.4 Å². The Morgan fingerprint density at radius 2 is 2.07 bits per heavy atom. The Labute approximate surface area is 160 Å². The van der Waals surface area contributed by atoms with Crippen LogP contribution in [0.15, 0.2) is 34.7 Å². The lowest BCUT2D eigenvalue weighted by atomic mass is 10.0. The third-order valence-corrected chi connectivity index (χ3v) is 5.11. The van der Waals surface area contributed by atoms with E-state index >= 15 is 0 Å². The lowest BCUT2D eigenvalue weighted by molar-refractivity contribution is -0.132. The standard InChI is InChI=1S/C21H28N2O4/c1-15-7-8-17(27-15)13-22(2)21(24)14-23-11-5-6-19(23)18-12-16(25-3)9-10-20(18)26-4/h7-10,12,19H,5-6,11,13-14H2,1-4H3. The summed E-state index contributed by atoms with van der Waals surface area (Å²) in [4.78, 5) is 16.7. The first-order valence-electron chi connectivity index (χ1n) is 9.27. The fraction of sp³-hybridized carbons (Fsp3) is 0.476. The summed E-state index contributed by atoms with van der Waals surface area (Å²) in [5, 5.41) is 0. The Balaban J connectivity index is 1.70. The van der Waals surface area contributed by atoms with Crippen LogP contribution in [0.3, 0.4) is 0 Å². The van der Waals surface area contributed by atoms with Crippen LogP contribution in [0, 0.1) is 6.92 Å². The summed E-state index contributed by atoms with van der Waals surface area (Å²) in [5.41, 5.74) is 1.08. The van der Waals surface area contributed by atoms with E-state index in [9.17, 15) is 4.79 Å². The molecule has 1 fully saturated rings. The van der Waals surface area contributed by atoms with Gasteiger partial charge in [0, 0.05) is 18.7 Å². The topological polar surface area (TPSA) is 55.2 Å². The number of benzene rings is 1. The molecule has 1 aliphatic rings. The summed E-state index contributed by atoms with van der Waals surface area (Å²) in [7, 11) is 5.15. The maximum Gasteiger partial charge on any atom is 0.236 e. The largest absolute Gasteiger partial charge is 0.497 e. The molecule has 0 saturated carbocycles. The number of carbonyl (C=O) groups excluding carboxylic acids is 1. The predicted octanol–water partition coefficient (Wildman–Crippen LogP) is 3.40. The van der Waals surface area contributed by atoms with E-state index in [1.807, 2.05) is 44.3 Å². The van der Waals surface area contributed by atoms with Crippen LogP contribution < -0.4 is 9.47 Å². The number of hydrogen-bond donors (Lipinski definition) is 0. The van der Waals surface area contributed by atoms with Gasteiger partial charge in [-0.25, -0.2) is 0 Å². The van der Waals surface area contributed by atoms with Crippen molar-refractivity contribution in [3.05, 3.63) is 47.4 Å². The lowest BCUT2D eigenvalue weighted by Gasteiger charge is -2.27. The average Bonchev–Trinajstić information content (AvgIpc) is 3.29. The van der Waals surface area contributed by atoms with Gasteiger partial charge in [-0.15, -0.1) is 0 Å². The first-order valence-corrected chi connectivity index (χ1v) is 9.27. The second kappa shape index (κ2) is 8.48. The van der Waals surface area contributed by atoms with Crippen molar-refractivity contribution in [1.29, 1.82) is 0 Å². The summed E-state index contributed by atoms with van der Waals surface area (Å²) < 4.78 is 16.5. The Hall–Kier alpha value is -2.47. The quantitative estimate of drug-likeness (QED) is 0.746. The van der Waals surface area contributed by atoms with Gasteiger partial charge in [-0.3, -0.25) is 9.69 Å². The smallest absolute Gasteiger partial charge is 0.236 e. The summed E-state index contributed by atoms with van der Waals surface area (Å²) in [5.74, 6) is 3.37. The predicted molar refractivity (Wildman–Crippen MR) is 103 cm³/mol. The van der Waals surface area contributed by atoms with Gasteiger partial charge in [0.05, 0.1) is 27.3 Å². The number of likely N-dealkylation sites (tertiary alicyclic amines) is 1. The van der Waals surface area contributed by atoms with E-state index in [-0.39, 0.29) is 11.9 Å². The molecule has 0 radical (unpaired) electrons. The second-order valence-corrected chi connectivity index (χ2v) is 7.00. The average molecular weight is 372 g/mol. The number of amides is 1. The Morgan fingerprint density at radius 1 is 1.26 bits per heavy atom. The highest BCUT2D eigenvalue weighted by Crippen LogP contribution is 2.38. The van der Waals surface area contributed by atoms with Gasteiger partial charge in [0.2, 0.25) is 5.91 Å². The second-order valence-electron chi connectivity index (χ2n) is 7.00. The number of nitrogens with zero attached hydrogens (tertiary/aromatic N) is 2. The highest BCUT2D eigenvalue weighted by atomic mass is 16.5. The Morgan fingerprint density at radius 3 is 2.74 bits per heavy atom. The maximum absolute atomic E-state index is 12.8. The van der Waals surface area contributed by atoms with E-state index in [1.165, 1.54) is 0 Å². The molecule has 2 aromatic rings. The molecule has 1 aliphatic heterocycles. The molecule has 1 atom stereocenters. The van der Waals surface area contributed by atoms with Crippen LogP contribution in [0.1, 0.15) is 36.0 Å². The first-order chi connectivity index (χ1) is 13.0. The van der Waals surface area contributed by atoms with Crippen LogP contribution in [0.5, 0.6) is 11.5 Å². The maximum atomic E-state index is 12.8. The van der Waals surface area contributed by atoms with Crippen molar-refractivity contribution in [2.24, 2.45) is 0 Å². The molecule has 27 heavy (non-hydrogen) atoms. The summed E-state index contributed by atoms with van der Waals surface area (Å²) in [6, 6.07) is 9.82. The molecule has 6 heteroatoms. The molecule has 0 spiro atoms. The van der Waals surface area contributed by atoms with Crippen LogP contribution in [-0.2, 0) is 11.3 Å². The van der Waals surface area contributed by atoms with Gasteiger partial charge in [-0.2, -0.15) is 0 Å². The molecule has 3 rings (SSSR count). The van der Waals surface area contributed by atoms with Gasteiger partial charge in [-0.1, -0.05) is 0 Å². The molecule has 0 N–H and O–H groups in total. The van der Waals surface area contributed by atoms with Crippen LogP contribution in [-0.4, -0.2) is 50.1 Å². The van der Waals surface area contributed by atoms with Crippen LogP contribution >= 0.6 is 0 Å². The van der Waals surface area contributed by atoms with E-state index < -0.39 is 0 Å². The zero-order valence-electron chi connectivity index (χ0n) is 16.5. The molecule has 2 heterocycles. The minimum atomic E-state index is 0.0813. The van der Waals surface area contributed by atoms with E-state index in [1.54, 1.807) is 19.1 Å². The molecule has 1 aromatic carbocycles. The van der Waals surface area contributed by atoms with Gasteiger partial charge in [0.1, 0.15) is 23.0 Å². The molecule has 0 aliphatic carbocycles. The van der Waals surface area contributed by atoms with E-state index in [4.69, 9.17) is 13.9 Å². The minimum absolute atomic E-state index is 0.0813. The van der Waals surface area contributed by atoms with E-state index in [2.05, 4.69) is 4.90 Å². The number of hydrogen-bond acceptors (Lipinski definition) is 5. The highest BCUT2D eigenvalue weighted by molar-refractivity contribution is 5.78. The number of carbonyl (C=O) groups is 1. The van der Waals surface area contributed by atoms with Gasteiger partial charge in [-0.05, 0) is 56.6 Å². The minimum Gasteiger partial charge on any atom is -0.497 e. The number of likely N-dealkylation sites (N-methyl/N-ethyl adjacent to an activating group) is 1. The van der Waals surface area contributed by atoms with E-state index in [0.717, 1.165) is 48.0 Å². The molecular formula is C21H28N2O4. The van der Waals surface area contributed by atoms with Gasteiger partial charge in [0.25, 0.3) is 0 Å². The fourth-order valence-electron chi connectivity index (χ4n) is 3.65. The number of rotatable bonds is 7. The van der Waals surface area contributed by atoms with Crippen molar-refractivity contribution in [3.8, 4) is 11.5 Å². The molecular weight excluding hydrogens is 344 g/mol. The SMILES string of the molecule is COc1ccc(OC)c(C2CCCN2CC(=O)N(C)Cc2ccc(C)o2)c1. The first kappa shape index (κ1) is 19.3. The zero-order valence-corrected chi connectivity index (χ0v) is 16.5. The van der Waals surface area contributed by atoms with Crippen molar-refractivity contribution >= 4 is 5.91 Å². The van der Waals surface area contributed by atoms with Gasteiger partial charge >= 0.3 is 0 Å². The molecule has 6 nitrogen and oxygen atoms in total. The van der Waals surface area contributed by atoms with Gasteiger partial charge in [0.15, 0.2) is 0 Å². The normalized spacial score (nSPS) is 17.1. The lowest BCUT2D eigenvalue weighted by Crippen LogP contribution is -2.37. The zero-order chi connectivity index (χ0) is 19.4. The Bertz CT molecular complexity index is 786. The van der Waals surface area contributed by atoms with Gasteiger partial charge < -0.3 is 18.8 Å². The van der Waals surface area contributed by atoms with E-state index in [0.29, 0.717) is 13.1 Å². The molecule has 146 valence electrons. The van der Waals surface area contributed by atoms with Crippen LogP contribution in [0.2, 0.25) is 0 Å². The van der Waals surface area contributed by atoms with Crippen molar-refractivity contribution in [2.45, 2.75) is 32.4 Å². The molecule has 0 bridgehead atoms. The molecule has 1 amide bonds. The summed E-state index contributed by atoms with van der Waals surface area (Å²) >= 11 is 0. The number of furan rings is 1. The molecule has 1 saturated heterocycles. The summed E-state index contributed by atoms with van der Waals surface area (Å²) in [6.07, 6.45) is 2.05. The molecule has 1 aromatic heterocycles. The van der Waals surface area contributed by atoms with Crippen molar-refractivity contribution in [3.63, 3.8) is 0 Å². The molecule has 1 unspecified atom stereocenters. The van der Waals surface area contributed by atoms with Crippen LogP contribution in [0.25, 0.3) is 0 Å². The summed E-state index contributed by atoms with van der Waals surface area (Å²) in [6.45, 7) is 3.65. The number of ether oxygens (including phenoxy) is 2. The monoisotopic (exact) mass is 372 g/mol. The third kappa shape index (κ3) is 4.45. The number of aryl methyl sites for hydroxylation is 1. The van der Waals surface area contributed by atoms with Crippen molar-refractivity contribution < 1.29 is 18.7 Å². The Kier molecular flexibility index (Phi) is 6.06. The highest BCUT2D eigenvalue weighted by Gasteiger charge is 2.30. The van der Waals surface area contributed by atoms with Crippen molar-refractivity contribution in [1.82, 2.24) is 9.80 Å². The van der Waals surface area contributed by atoms with Crippen LogP contribution in [0.4, 0.5) is 0 Å². The number of methoxy groups -OCH3 is 2. The fourth-order valence-corrected chi connectivity index (χ4v) is 3.65.